The third kappa shape index (κ3) is 3.90. The number of rotatable bonds is 5. The highest BCUT2D eigenvalue weighted by molar-refractivity contribution is 5.77. The molecule has 126 valence electrons. The predicted molar refractivity (Wildman–Crippen MR) is 88.4 cm³/mol. The van der Waals surface area contributed by atoms with E-state index >= 15 is 0 Å². The molecule has 3 N–H and O–H groups in total. The summed E-state index contributed by atoms with van der Waals surface area (Å²) in [5.41, 5.74) is 2.61. The van der Waals surface area contributed by atoms with E-state index in [0.29, 0.717) is 12.0 Å². The van der Waals surface area contributed by atoms with Crippen LogP contribution in [0.15, 0.2) is 47.4 Å². The van der Waals surface area contributed by atoms with Crippen LogP contribution in [0.5, 0.6) is 0 Å². The molecule has 0 spiro atoms. The minimum atomic E-state index is -0.600. The maximum absolute atomic E-state index is 12.1. The summed E-state index contributed by atoms with van der Waals surface area (Å²) >= 11 is 0. The number of H-pyrrole nitrogens is 1. The number of benzene rings is 1. The van der Waals surface area contributed by atoms with Gasteiger partial charge in [-0.1, -0.05) is 24.3 Å². The smallest absolute Gasteiger partial charge is 0.248 e. The predicted octanol–water partition coefficient (Wildman–Crippen LogP) is 1.06. The average molecular weight is 328 g/mol. The zero-order valence-corrected chi connectivity index (χ0v) is 13.2. The summed E-state index contributed by atoms with van der Waals surface area (Å²) in [5, 5.41) is 13.0. The first-order valence-electron chi connectivity index (χ1n) is 7.94. The van der Waals surface area contributed by atoms with Crippen molar-refractivity contribution in [1.82, 2.24) is 10.3 Å². The van der Waals surface area contributed by atoms with Crippen LogP contribution in [0.1, 0.15) is 29.2 Å². The van der Waals surface area contributed by atoms with Gasteiger partial charge in [0, 0.05) is 12.3 Å². The minimum absolute atomic E-state index is 0.127. The number of amides is 1. The molecule has 0 saturated heterocycles. The van der Waals surface area contributed by atoms with Gasteiger partial charge in [0.2, 0.25) is 11.5 Å². The van der Waals surface area contributed by atoms with Gasteiger partial charge in [-0.3, -0.25) is 9.59 Å². The summed E-state index contributed by atoms with van der Waals surface area (Å²) in [6.07, 6.45) is 2.37. The number of carbonyl (C=O) groups excluding carboxylic acids is 1. The molecule has 6 nitrogen and oxygen atoms in total. The Bertz CT molecular complexity index is 771. The first kappa shape index (κ1) is 16.4. The number of pyridine rings is 1. The summed E-state index contributed by atoms with van der Waals surface area (Å²) in [4.78, 5) is 25.8. The van der Waals surface area contributed by atoms with E-state index in [1.54, 1.807) is 6.07 Å². The van der Waals surface area contributed by atoms with Gasteiger partial charge in [-0.25, -0.2) is 0 Å². The third-order valence-electron chi connectivity index (χ3n) is 4.14. The van der Waals surface area contributed by atoms with Crippen LogP contribution in [0.4, 0.5) is 0 Å². The largest absolute Gasteiger partial charge is 0.391 e. The number of hydrogen-bond donors (Lipinski definition) is 3. The second-order valence-electron chi connectivity index (χ2n) is 5.90. The first-order valence-corrected chi connectivity index (χ1v) is 7.94. The van der Waals surface area contributed by atoms with Crippen molar-refractivity contribution in [2.45, 2.75) is 31.6 Å². The molecule has 6 heteroatoms. The van der Waals surface area contributed by atoms with E-state index in [1.165, 1.54) is 12.3 Å². The molecule has 3 rings (SSSR count). The van der Waals surface area contributed by atoms with Crippen LogP contribution in [-0.4, -0.2) is 28.7 Å². The Balaban J connectivity index is 1.56. The van der Waals surface area contributed by atoms with Crippen LogP contribution in [0.3, 0.4) is 0 Å². The van der Waals surface area contributed by atoms with Gasteiger partial charge < -0.3 is 20.1 Å². The van der Waals surface area contributed by atoms with Crippen LogP contribution < -0.4 is 10.9 Å². The van der Waals surface area contributed by atoms with E-state index in [-0.39, 0.29) is 24.7 Å². The Morgan fingerprint density at radius 2 is 2.17 bits per heavy atom. The Morgan fingerprint density at radius 3 is 3.00 bits per heavy atom. The van der Waals surface area contributed by atoms with Gasteiger partial charge in [0.25, 0.3) is 0 Å². The molecule has 0 fully saturated rings. The fourth-order valence-corrected chi connectivity index (χ4v) is 2.97. The zero-order chi connectivity index (χ0) is 16.9. The summed E-state index contributed by atoms with van der Waals surface area (Å²) in [7, 11) is 0. The second-order valence-corrected chi connectivity index (χ2v) is 5.90. The van der Waals surface area contributed by atoms with E-state index in [9.17, 15) is 14.7 Å². The Kier molecular flexibility index (Phi) is 5.08. The molecule has 24 heavy (non-hydrogen) atoms. The van der Waals surface area contributed by atoms with Gasteiger partial charge in [0.05, 0.1) is 18.8 Å². The molecule has 1 aromatic carbocycles. The van der Waals surface area contributed by atoms with E-state index in [2.05, 4.69) is 10.3 Å². The Morgan fingerprint density at radius 1 is 1.33 bits per heavy atom. The van der Waals surface area contributed by atoms with Crippen molar-refractivity contribution in [3.8, 4) is 0 Å². The maximum atomic E-state index is 12.1. The molecule has 1 aliphatic rings. The van der Waals surface area contributed by atoms with Gasteiger partial charge in [-0.2, -0.15) is 0 Å². The molecule has 2 aromatic rings. The Hall–Kier alpha value is -2.44. The monoisotopic (exact) mass is 328 g/mol. The summed E-state index contributed by atoms with van der Waals surface area (Å²) in [6.45, 7) is 0.0549. The standard InChI is InChI=1S/C18H20N2O4/c21-15-6-5-13-3-1-2-4-14(13)18(15)20-17(23)11-24-10-12-7-8-19-16(22)9-12/h1-4,7-9,15,18,21H,5-6,10-11H2,(H,19,22)(H,20,23)/t15-,18+/m0/s1. The van der Waals surface area contributed by atoms with Gasteiger partial charge in [-0.05, 0) is 35.6 Å². The number of fused-ring (bicyclic) bond motifs is 1. The van der Waals surface area contributed by atoms with Crippen LogP contribution >= 0.6 is 0 Å². The molecule has 1 aliphatic carbocycles. The number of nitrogens with one attached hydrogen (secondary N) is 2. The number of aliphatic hydroxyl groups is 1. The van der Waals surface area contributed by atoms with Crippen LogP contribution in [0.2, 0.25) is 0 Å². The molecule has 2 atom stereocenters. The quantitative estimate of drug-likeness (QED) is 0.765. The van der Waals surface area contributed by atoms with Gasteiger partial charge in [0.1, 0.15) is 6.61 Å². The van der Waals surface area contributed by atoms with Crippen molar-refractivity contribution in [2.75, 3.05) is 6.61 Å². The number of ether oxygens (including phenoxy) is 1. The summed E-state index contributed by atoms with van der Waals surface area (Å²) < 4.78 is 5.35. The maximum Gasteiger partial charge on any atom is 0.248 e. The lowest BCUT2D eigenvalue weighted by molar-refractivity contribution is -0.127. The number of hydrogen-bond acceptors (Lipinski definition) is 4. The summed E-state index contributed by atoms with van der Waals surface area (Å²) in [5.74, 6) is -0.291. The lowest BCUT2D eigenvalue weighted by Crippen LogP contribution is -2.40. The highest BCUT2D eigenvalue weighted by atomic mass is 16.5. The van der Waals surface area contributed by atoms with Gasteiger partial charge in [-0.15, -0.1) is 0 Å². The van der Waals surface area contributed by atoms with E-state index in [4.69, 9.17) is 4.74 Å². The summed E-state index contributed by atoms with van der Waals surface area (Å²) in [6, 6.07) is 10.5. The van der Waals surface area contributed by atoms with E-state index in [0.717, 1.165) is 17.5 Å². The number of carbonyl (C=O) groups is 1. The Labute approximate surface area is 139 Å². The first-order chi connectivity index (χ1) is 11.6. The lowest BCUT2D eigenvalue weighted by Gasteiger charge is -2.31. The van der Waals surface area contributed by atoms with Crippen molar-refractivity contribution >= 4 is 5.91 Å². The van der Waals surface area contributed by atoms with Gasteiger partial charge in [0.15, 0.2) is 0 Å². The molecule has 0 radical (unpaired) electrons. The van der Waals surface area contributed by atoms with E-state index in [1.807, 2.05) is 24.3 Å². The van der Waals surface area contributed by atoms with Crippen LogP contribution in [-0.2, 0) is 22.6 Å². The number of aromatic amines is 1. The molecule has 1 heterocycles. The molecule has 1 aromatic heterocycles. The molecule has 0 saturated carbocycles. The third-order valence-corrected chi connectivity index (χ3v) is 4.14. The molecule has 1 amide bonds. The highest BCUT2D eigenvalue weighted by Crippen LogP contribution is 2.29. The number of aryl methyl sites for hydroxylation is 1. The molecule has 0 unspecified atom stereocenters. The van der Waals surface area contributed by atoms with Crippen molar-refractivity contribution in [2.24, 2.45) is 0 Å². The average Bonchev–Trinajstić information content (AvgIpc) is 2.58. The molecular formula is C18H20N2O4. The van der Waals surface area contributed by atoms with Crippen molar-refractivity contribution in [1.29, 1.82) is 0 Å². The lowest BCUT2D eigenvalue weighted by atomic mass is 9.85. The topological polar surface area (TPSA) is 91.4 Å². The molecular weight excluding hydrogens is 308 g/mol. The highest BCUT2D eigenvalue weighted by Gasteiger charge is 2.28. The number of aromatic nitrogens is 1. The fraction of sp³-hybridized carbons (Fsp3) is 0.333. The minimum Gasteiger partial charge on any atom is -0.391 e. The number of aliphatic hydroxyl groups excluding tert-OH is 1. The van der Waals surface area contributed by atoms with Gasteiger partial charge >= 0.3 is 0 Å². The van der Waals surface area contributed by atoms with Crippen LogP contribution in [0.25, 0.3) is 0 Å². The second kappa shape index (κ2) is 7.42. The fourth-order valence-electron chi connectivity index (χ4n) is 2.97. The van der Waals surface area contributed by atoms with Crippen LogP contribution in [0, 0.1) is 0 Å². The molecule has 0 bridgehead atoms. The SMILES string of the molecule is O=C(COCc1cc[nH]c(=O)c1)N[C@@H]1c2ccccc2CC[C@@H]1O. The zero-order valence-electron chi connectivity index (χ0n) is 13.2. The van der Waals surface area contributed by atoms with Crippen molar-refractivity contribution in [3.63, 3.8) is 0 Å². The molecule has 0 aliphatic heterocycles. The van der Waals surface area contributed by atoms with Crippen molar-refractivity contribution < 1.29 is 14.6 Å². The normalized spacial score (nSPS) is 19.5. The van der Waals surface area contributed by atoms with E-state index < -0.39 is 12.1 Å². The van der Waals surface area contributed by atoms with Crippen molar-refractivity contribution in [3.05, 3.63) is 69.6 Å².